The molecule has 1 aromatic rings. The summed E-state index contributed by atoms with van der Waals surface area (Å²) in [5, 5.41) is 8.42. The second-order valence-electron chi connectivity index (χ2n) is 6.20. The minimum Gasteiger partial charge on any atom is -0.304 e. The molecule has 0 saturated carbocycles. The molecule has 0 N–H and O–H groups in total. The Morgan fingerprint density at radius 1 is 1.00 bits per heavy atom. The fraction of sp³-hybridized carbons (Fsp3) is 0.833. The summed E-state index contributed by atoms with van der Waals surface area (Å²) in [7, 11) is 0. The minimum absolute atomic E-state index is 0. The van der Waals surface area contributed by atoms with Gasteiger partial charge in [0.1, 0.15) is 0 Å². The van der Waals surface area contributed by atoms with Crippen molar-refractivity contribution in [3.63, 3.8) is 0 Å². The van der Waals surface area contributed by atoms with Crippen LogP contribution in [0.3, 0.4) is 0 Å². The summed E-state index contributed by atoms with van der Waals surface area (Å²) in [5.41, 5.74) is 1.02. The number of nitrogens with zero attached hydrogens (tertiary/aromatic N) is 3. The van der Waals surface area contributed by atoms with E-state index >= 15 is 0 Å². The predicted molar refractivity (Wildman–Crippen MR) is 90.2 cm³/mol. The molecule has 3 nitrogen and oxygen atoms in total. The van der Waals surface area contributed by atoms with Crippen LogP contribution in [0.4, 0.5) is 0 Å². The van der Waals surface area contributed by atoms with Crippen LogP contribution >= 0.6 is 0 Å². The van der Waals surface area contributed by atoms with E-state index in [1.807, 2.05) is 6.92 Å². The minimum atomic E-state index is 0. The Balaban J connectivity index is 0.00000441. The van der Waals surface area contributed by atoms with E-state index in [-0.39, 0.29) is 32.7 Å². The summed E-state index contributed by atoms with van der Waals surface area (Å²) in [5.74, 6) is 0. The van der Waals surface area contributed by atoms with Crippen molar-refractivity contribution in [2.75, 3.05) is 0 Å². The average Bonchev–Trinajstić information content (AvgIpc) is 2.91. The Morgan fingerprint density at radius 3 is 2.23 bits per heavy atom. The number of rotatable bonds is 13. The zero-order valence-corrected chi connectivity index (χ0v) is 17.8. The van der Waals surface area contributed by atoms with Crippen LogP contribution in [0.25, 0.3) is 0 Å². The molecule has 0 aromatic carbocycles. The molecule has 0 saturated heterocycles. The molecule has 1 rings (SSSR count). The average molecular weight is 381 g/mol. The van der Waals surface area contributed by atoms with E-state index in [4.69, 9.17) is 0 Å². The number of hydrogen-bond donors (Lipinski definition) is 0. The Bertz CT molecular complexity index is 352. The first-order chi connectivity index (χ1) is 10.3. The predicted octanol–water partition coefficient (Wildman–Crippen LogP) is 5.66. The zero-order valence-electron chi connectivity index (χ0n) is 14.9. The molecule has 0 amide bonds. The number of aromatic nitrogens is 3. The van der Waals surface area contributed by atoms with E-state index < -0.39 is 0 Å². The molecule has 1 heterocycles. The van der Waals surface area contributed by atoms with Crippen molar-refractivity contribution >= 4 is 0 Å². The zero-order chi connectivity index (χ0) is 15.3. The van der Waals surface area contributed by atoms with Crippen molar-refractivity contribution in [1.29, 1.82) is 0 Å². The first-order valence-electron chi connectivity index (χ1n) is 8.99. The van der Waals surface area contributed by atoms with E-state index in [2.05, 4.69) is 41.5 Å². The van der Waals surface area contributed by atoms with Gasteiger partial charge < -0.3 is 6.42 Å². The SMILES string of the molecule is CCCCCCC[CH-]C(CCCCCC)n1cc(C)nn1.[Y]. The molecule has 0 spiro atoms. The molecular weight excluding hydrogens is 347 g/mol. The van der Waals surface area contributed by atoms with Crippen LogP contribution in [0.1, 0.15) is 96.2 Å². The molecule has 0 bridgehead atoms. The maximum absolute atomic E-state index is 4.28. The topological polar surface area (TPSA) is 30.7 Å². The van der Waals surface area contributed by atoms with Gasteiger partial charge in [-0.1, -0.05) is 89.3 Å². The fourth-order valence-corrected chi connectivity index (χ4v) is 2.72. The molecule has 0 fully saturated rings. The van der Waals surface area contributed by atoms with Crippen molar-refractivity contribution in [2.45, 2.75) is 97.4 Å². The Hall–Kier alpha value is 0.244. The van der Waals surface area contributed by atoms with Crippen LogP contribution in [-0.4, -0.2) is 15.0 Å². The maximum Gasteiger partial charge on any atom is 0.0795 e. The first-order valence-corrected chi connectivity index (χ1v) is 8.99. The smallest absolute Gasteiger partial charge is 0.0795 e. The van der Waals surface area contributed by atoms with E-state index in [0.717, 1.165) is 5.69 Å². The second kappa shape index (κ2) is 14.8. The molecule has 0 aliphatic heterocycles. The standard InChI is InChI=1S/C18H34N3.Y/c1-4-6-8-10-11-13-15-18(14-12-9-7-5-2)21-16-17(3)19-20-21;/h15-16,18H,4-14H2,1-3H3;/q-1;. The van der Waals surface area contributed by atoms with Gasteiger partial charge in [0.15, 0.2) is 0 Å². The van der Waals surface area contributed by atoms with Crippen molar-refractivity contribution in [2.24, 2.45) is 0 Å². The summed E-state index contributed by atoms with van der Waals surface area (Å²) in [6, 6.07) is 0.439. The van der Waals surface area contributed by atoms with Crippen LogP contribution in [0, 0.1) is 13.3 Å². The molecule has 0 aliphatic carbocycles. The normalized spacial score (nSPS) is 12.1. The number of hydrogen-bond acceptors (Lipinski definition) is 2. The van der Waals surface area contributed by atoms with Crippen LogP contribution in [0.15, 0.2) is 6.20 Å². The van der Waals surface area contributed by atoms with E-state index in [1.165, 1.54) is 70.6 Å². The summed E-state index contributed by atoms with van der Waals surface area (Å²) < 4.78 is 2.06. The summed E-state index contributed by atoms with van der Waals surface area (Å²) >= 11 is 0. The molecule has 1 aromatic heterocycles. The largest absolute Gasteiger partial charge is 0.304 e. The van der Waals surface area contributed by atoms with Crippen molar-refractivity contribution < 1.29 is 32.7 Å². The summed E-state index contributed by atoms with van der Waals surface area (Å²) in [6.45, 7) is 6.55. The van der Waals surface area contributed by atoms with Gasteiger partial charge in [-0.05, 0) is 6.92 Å². The molecule has 4 heteroatoms. The third kappa shape index (κ3) is 10.1. The van der Waals surface area contributed by atoms with Crippen LogP contribution in [0.2, 0.25) is 0 Å². The molecule has 0 aliphatic rings. The van der Waals surface area contributed by atoms with Crippen molar-refractivity contribution in [3.8, 4) is 0 Å². The van der Waals surface area contributed by atoms with Gasteiger partial charge in [-0.25, -0.2) is 0 Å². The monoisotopic (exact) mass is 381 g/mol. The van der Waals surface area contributed by atoms with Gasteiger partial charge in [0.05, 0.1) is 5.69 Å². The van der Waals surface area contributed by atoms with Crippen molar-refractivity contribution in [1.82, 2.24) is 15.0 Å². The molecule has 22 heavy (non-hydrogen) atoms. The Kier molecular flexibility index (Phi) is 15.0. The van der Waals surface area contributed by atoms with Gasteiger partial charge in [0, 0.05) is 38.9 Å². The summed E-state index contributed by atoms with van der Waals surface area (Å²) in [6.07, 6.45) is 19.0. The van der Waals surface area contributed by atoms with Crippen molar-refractivity contribution in [3.05, 3.63) is 18.3 Å². The molecule has 1 radical (unpaired) electrons. The molecular formula is C18H34N3Y-. The number of unbranched alkanes of at least 4 members (excludes halogenated alkanes) is 8. The Morgan fingerprint density at radius 2 is 1.64 bits per heavy atom. The van der Waals surface area contributed by atoms with Gasteiger partial charge in [0.25, 0.3) is 0 Å². The quantitative estimate of drug-likeness (QED) is 0.326. The van der Waals surface area contributed by atoms with E-state index in [0.29, 0.717) is 6.04 Å². The van der Waals surface area contributed by atoms with E-state index in [1.54, 1.807) is 0 Å². The Labute approximate surface area is 162 Å². The molecule has 1 unspecified atom stereocenters. The molecule has 1 atom stereocenters. The third-order valence-electron chi connectivity index (χ3n) is 4.06. The van der Waals surface area contributed by atoms with Gasteiger partial charge in [0.2, 0.25) is 0 Å². The van der Waals surface area contributed by atoms with Gasteiger partial charge in [-0.2, -0.15) is 6.42 Å². The van der Waals surface area contributed by atoms with E-state index in [9.17, 15) is 0 Å². The van der Waals surface area contributed by atoms with Gasteiger partial charge in [-0.3, -0.25) is 4.68 Å². The summed E-state index contributed by atoms with van der Waals surface area (Å²) in [4.78, 5) is 0. The van der Waals surface area contributed by atoms with Gasteiger partial charge >= 0.3 is 0 Å². The first kappa shape index (κ1) is 22.2. The third-order valence-corrected chi connectivity index (χ3v) is 4.06. The van der Waals surface area contributed by atoms with Crippen LogP contribution < -0.4 is 0 Å². The second-order valence-corrected chi connectivity index (χ2v) is 6.20. The number of aryl methyl sites for hydroxylation is 1. The fourth-order valence-electron chi connectivity index (χ4n) is 2.72. The molecule has 125 valence electrons. The van der Waals surface area contributed by atoms with Gasteiger partial charge in [-0.15, -0.1) is 5.10 Å². The van der Waals surface area contributed by atoms with Crippen LogP contribution in [0.5, 0.6) is 0 Å². The van der Waals surface area contributed by atoms with Crippen LogP contribution in [-0.2, 0) is 32.7 Å². The maximum atomic E-state index is 4.28.